The summed E-state index contributed by atoms with van der Waals surface area (Å²) in [4.78, 5) is 24.0. The number of benzene rings is 1. The number of aromatic nitrogens is 2. The number of aryl methyl sites for hydroxylation is 1. The number of ether oxygens (including phenoxy) is 1. The molecule has 0 fully saturated rings. The second kappa shape index (κ2) is 8.39. The number of carbonyl (C=O) groups excluding carboxylic acids is 2. The summed E-state index contributed by atoms with van der Waals surface area (Å²) >= 11 is 6.41. The summed E-state index contributed by atoms with van der Waals surface area (Å²) in [6.45, 7) is 8.89. The van der Waals surface area contributed by atoms with Gasteiger partial charge in [0.1, 0.15) is 5.15 Å². The molecule has 1 heterocycles. The van der Waals surface area contributed by atoms with Crippen LogP contribution in [-0.2, 0) is 14.3 Å². The molecule has 1 aromatic carbocycles. The van der Waals surface area contributed by atoms with Gasteiger partial charge >= 0.3 is 5.97 Å². The Bertz CT molecular complexity index is 851. The van der Waals surface area contributed by atoms with E-state index in [2.05, 4.69) is 10.4 Å². The lowest BCUT2D eigenvalue weighted by Gasteiger charge is -2.22. The van der Waals surface area contributed by atoms with Crippen LogP contribution in [0.4, 0.5) is 0 Å². The molecule has 0 aliphatic carbocycles. The Balaban J connectivity index is 2.09. The van der Waals surface area contributed by atoms with E-state index < -0.39 is 17.6 Å². The predicted octanol–water partition coefficient (Wildman–Crippen LogP) is 3.69. The number of nitrogens with one attached hydrogen (secondary N) is 1. The molecule has 0 bridgehead atoms. The highest BCUT2D eigenvalue weighted by Gasteiger charge is 2.21. The molecule has 0 radical (unpaired) electrons. The van der Waals surface area contributed by atoms with Crippen LogP contribution in [0.1, 0.15) is 39.0 Å². The van der Waals surface area contributed by atoms with Crippen LogP contribution in [0.3, 0.4) is 0 Å². The minimum atomic E-state index is -0.898. The summed E-state index contributed by atoms with van der Waals surface area (Å²) in [5, 5.41) is 7.56. The summed E-state index contributed by atoms with van der Waals surface area (Å²) in [5.41, 5.74) is 1.71. The maximum atomic E-state index is 12.0. The SMILES string of the molecule is Cc1nn(-c2ccccc2)c(Cl)c1/C=C/C(=O)O[C@H](C)C(=O)NC(C)(C)C. The van der Waals surface area contributed by atoms with Gasteiger partial charge in [0.25, 0.3) is 5.91 Å². The number of halogens is 1. The van der Waals surface area contributed by atoms with Crippen LogP contribution in [-0.4, -0.2) is 33.3 Å². The van der Waals surface area contributed by atoms with Gasteiger partial charge in [-0.3, -0.25) is 4.79 Å². The summed E-state index contributed by atoms with van der Waals surface area (Å²) in [6.07, 6.45) is 1.89. The Morgan fingerprint density at radius 3 is 2.48 bits per heavy atom. The third-order valence-corrected chi connectivity index (χ3v) is 3.96. The van der Waals surface area contributed by atoms with E-state index in [1.165, 1.54) is 13.0 Å². The van der Waals surface area contributed by atoms with E-state index in [1.54, 1.807) is 17.7 Å². The van der Waals surface area contributed by atoms with E-state index in [0.717, 1.165) is 5.69 Å². The van der Waals surface area contributed by atoms with Crippen molar-refractivity contribution >= 4 is 29.6 Å². The van der Waals surface area contributed by atoms with Gasteiger partial charge in [-0.25, -0.2) is 9.48 Å². The molecule has 0 saturated heterocycles. The quantitative estimate of drug-likeness (QED) is 0.625. The Morgan fingerprint density at radius 2 is 1.89 bits per heavy atom. The molecule has 144 valence electrons. The molecule has 7 heteroatoms. The highest BCUT2D eigenvalue weighted by atomic mass is 35.5. The Labute approximate surface area is 164 Å². The fourth-order valence-electron chi connectivity index (χ4n) is 2.33. The number of esters is 1. The van der Waals surface area contributed by atoms with Gasteiger partial charge in [0.05, 0.1) is 11.4 Å². The van der Waals surface area contributed by atoms with E-state index in [4.69, 9.17) is 16.3 Å². The number of hydrogen-bond donors (Lipinski definition) is 1. The van der Waals surface area contributed by atoms with Gasteiger partial charge in [-0.05, 0) is 52.8 Å². The van der Waals surface area contributed by atoms with Crippen LogP contribution in [0.2, 0.25) is 5.15 Å². The summed E-state index contributed by atoms with van der Waals surface area (Å²) in [7, 11) is 0. The van der Waals surface area contributed by atoms with Gasteiger partial charge < -0.3 is 10.1 Å². The first-order valence-corrected chi connectivity index (χ1v) is 8.97. The van der Waals surface area contributed by atoms with Crippen LogP contribution in [0.25, 0.3) is 11.8 Å². The monoisotopic (exact) mass is 389 g/mol. The lowest BCUT2D eigenvalue weighted by atomic mass is 10.1. The van der Waals surface area contributed by atoms with Gasteiger partial charge in [-0.2, -0.15) is 5.10 Å². The van der Waals surface area contributed by atoms with Crippen LogP contribution in [0, 0.1) is 6.92 Å². The largest absolute Gasteiger partial charge is 0.449 e. The molecule has 0 aliphatic rings. The molecule has 2 rings (SSSR count). The Hall–Kier alpha value is -2.60. The molecule has 0 spiro atoms. The van der Waals surface area contributed by atoms with Crippen molar-refractivity contribution < 1.29 is 14.3 Å². The molecule has 0 saturated carbocycles. The Morgan fingerprint density at radius 1 is 1.26 bits per heavy atom. The molecular formula is C20H24ClN3O3. The third kappa shape index (κ3) is 5.69. The molecular weight excluding hydrogens is 366 g/mol. The second-order valence-electron chi connectivity index (χ2n) is 7.19. The average molecular weight is 390 g/mol. The molecule has 0 aliphatic heterocycles. The maximum absolute atomic E-state index is 12.0. The van der Waals surface area contributed by atoms with Gasteiger partial charge in [-0.1, -0.05) is 29.8 Å². The van der Waals surface area contributed by atoms with E-state index >= 15 is 0 Å². The topological polar surface area (TPSA) is 73.2 Å². The fraction of sp³-hybridized carbons (Fsp3) is 0.350. The van der Waals surface area contributed by atoms with Crippen molar-refractivity contribution in [2.75, 3.05) is 0 Å². The van der Waals surface area contributed by atoms with Crippen molar-refractivity contribution in [1.29, 1.82) is 0 Å². The van der Waals surface area contributed by atoms with Crippen LogP contribution in [0.15, 0.2) is 36.4 Å². The number of amides is 1. The standard InChI is InChI=1S/C20H24ClN3O3/c1-13-16(18(21)24(23-13)15-9-7-6-8-10-15)11-12-17(25)27-14(2)19(26)22-20(3,4)5/h6-12,14H,1-5H3,(H,22,26)/b12-11+/t14-/m1/s1. The summed E-state index contributed by atoms with van der Waals surface area (Å²) < 4.78 is 6.74. The number of para-hydroxylation sites is 1. The minimum absolute atomic E-state index is 0.352. The fourth-order valence-corrected chi connectivity index (χ4v) is 2.67. The zero-order valence-electron chi connectivity index (χ0n) is 16.1. The van der Waals surface area contributed by atoms with E-state index in [9.17, 15) is 9.59 Å². The van der Waals surface area contributed by atoms with Crippen molar-refractivity contribution in [2.45, 2.75) is 46.3 Å². The highest BCUT2D eigenvalue weighted by Crippen LogP contribution is 2.24. The maximum Gasteiger partial charge on any atom is 0.331 e. The molecule has 0 unspecified atom stereocenters. The minimum Gasteiger partial charge on any atom is -0.449 e. The van der Waals surface area contributed by atoms with Crippen molar-refractivity contribution in [3.05, 3.63) is 52.8 Å². The zero-order chi connectivity index (χ0) is 20.2. The van der Waals surface area contributed by atoms with Gasteiger partial charge in [0, 0.05) is 17.2 Å². The van der Waals surface area contributed by atoms with Gasteiger partial charge in [0.2, 0.25) is 0 Å². The molecule has 1 aromatic heterocycles. The zero-order valence-corrected chi connectivity index (χ0v) is 16.9. The van der Waals surface area contributed by atoms with Crippen LogP contribution in [0.5, 0.6) is 0 Å². The van der Waals surface area contributed by atoms with Crippen molar-refractivity contribution in [3.8, 4) is 5.69 Å². The van der Waals surface area contributed by atoms with Gasteiger partial charge in [0.15, 0.2) is 6.10 Å². The molecule has 6 nitrogen and oxygen atoms in total. The lowest BCUT2D eigenvalue weighted by molar-refractivity contribution is -0.150. The first kappa shape index (κ1) is 20.7. The molecule has 27 heavy (non-hydrogen) atoms. The average Bonchev–Trinajstić information content (AvgIpc) is 2.86. The Kier molecular flexibility index (Phi) is 6.44. The first-order chi connectivity index (χ1) is 12.6. The second-order valence-corrected chi connectivity index (χ2v) is 7.55. The molecule has 1 atom stereocenters. The van der Waals surface area contributed by atoms with Gasteiger partial charge in [-0.15, -0.1) is 0 Å². The van der Waals surface area contributed by atoms with Crippen LogP contribution >= 0.6 is 11.6 Å². The number of nitrogens with zero attached hydrogens (tertiary/aromatic N) is 2. The predicted molar refractivity (Wildman–Crippen MR) is 106 cm³/mol. The number of hydrogen-bond acceptors (Lipinski definition) is 4. The number of carbonyl (C=O) groups is 2. The van der Waals surface area contributed by atoms with E-state index in [1.807, 2.05) is 51.1 Å². The number of rotatable bonds is 5. The van der Waals surface area contributed by atoms with Crippen molar-refractivity contribution in [3.63, 3.8) is 0 Å². The normalized spacial score (nSPS) is 12.8. The lowest BCUT2D eigenvalue weighted by Crippen LogP contribution is -2.46. The molecule has 1 amide bonds. The smallest absolute Gasteiger partial charge is 0.331 e. The summed E-state index contributed by atoms with van der Waals surface area (Å²) in [6, 6.07) is 9.45. The third-order valence-electron chi connectivity index (χ3n) is 3.60. The van der Waals surface area contributed by atoms with E-state index in [0.29, 0.717) is 16.4 Å². The molecule has 1 N–H and O–H groups in total. The van der Waals surface area contributed by atoms with Crippen molar-refractivity contribution in [1.82, 2.24) is 15.1 Å². The van der Waals surface area contributed by atoms with E-state index in [-0.39, 0.29) is 5.91 Å². The first-order valence-electron chi connectivity index (χ1n) is 8.60. The van der Waals surface area contributed by atoms with Crippen LogP contribution < -0.4 is 5.32 Å². The summed E-state index contributed by atoms with van der Waals surface area (Å²) in [5.74, 6) is -0.982. The van der Waals surface area contributed by atoms with Crippen molar-refractivity contribution in [2.24, 2.45) is 0 Å². The molecule has 2 aromatic rings. The highest BCUT2D eigenvalue weighted by molar-refractivity contribution is 6.31.